The van der Waals surface area contributed by atoms with Gasteiger partial charge in [0, 0.05) is 0 Å². The number of benzene rings is 4. The topological polar surface area (TPSA) is 162 Å². The van der Waals surface area contributed by atoms with Gasteiger partial charge < -0.3 is 0 Å². The van der Waals surface area contributed by atoms with E-state index >= 15 is 0 Å². The fourth-order valence-electron chi connectivity index (χ4n) is 6.42. The van der Waals surface area contributed by atoms with Crippen molar-refractivity contribution in [3.63, 3.8) is 0 Å². The van der Waals surface area contributed by atoms with Crippen LogP contribution < -0.4 is 0 Å². The average molecular weight is 630 g/mol. The number of allylic oxidation sites excluding steroid dienone is 1. The first-order valence-electron chi connectivity index (χ1n) is 12.5. The fraction of sp³-hybridized carbons (Fsp3) is 0.133. The molecule has 6 rings (SSSR count). The van der Waals surface area contributed by atoms with Gasteiger partial charge in [0.1, 0.15) is 0 Å². The summed E-state index contributed by atoms with van der Waals surface area (Å²) in [4.78, 5) is -6.06. The summed E-state index contributed by atoms with van der Waals surface area (Å²) in [5.74, 6) is 0. The van der Waals surface area contributed by atoms with E-state index in [4.69, 9.17) is 0 Å². The van der Waals surface area contributed by atoms with Crippen molar-refractivity contribution in [2.24, 2.45) is 0 Å². The van der Waals surface area contributed by atoms with Crippen LogP contribution in [0.5, 0.6) is 0 Å². The van der Waals surface area contributed by atoms with E-state index in [0.717, 1.165) is 0 Å². The number of hydrogen-bond acceptors (Lipinski definition) is 8. The van der Waals surface area contributed by atoms with Crippen molar-refractivity contribution >= 4 is 29.2 Å². The molecule has 2 aliphatic rings. The van der Waals surface area contributed by atoms with Crippen molar-refractivity contribution in [3.8, 4) is 0 Å². The molecule has 5 unspecified atom stereocenters. The summed E-state index contributed by atoms with van der Waals surface area (Å²) in [5.41, 5.74) is -3.49. The first kappa shape index (κ1) is 27.3. The predicted molar refractivity (Wildman–Crippen MR) is 156 cm³/mol. The van der Waals surface area contributed by atoms with Crippen LogP contribution in [0.25, 0.3) is 5.57 Å². The molecule has 0 spiro atoms. The molecule has 8 N–H and O–H groups in total. The zero-order valence-electron chi connectivity index (χ0n) is 21.1. The Hall–Kier alpha value is -2.83. The minimum atomic E-state index is -8.21. The Bertz CT molecular complexity index is 1630. The van der Waals surface area contributed by atoms with Crippen LogP contribution in [0.2, 0.25) is 0 Å². The van der Waals surface area contributed by atoms with E-state index in [0.29, 0.717) is 5.56 Å². The van der Waals surface area contributed by atoms with Crippen LogP contribution in [0.15, 0.2) is 126 Å². The Balaban J connectivity index is 1.87. The first-order valence-corrected chi connectivity index (χ1v) is 17.6. The molecular weight excluding hydrogens is 599 g/mol. The molecule has 1 saturated heterocycles. The van der Waals surface area contributed by atoms with Gasteiger partial charge in [-0.3, -0.25) is 0 Å². The minimum absolute atomic E-state index is 0.185. The van der Waals surface area contributed by atoms with Crippen molar-refractivity contribution in [1.29, 1.82) is 0 Å². The van der Waals surface area contributed by atoms with E-state index < -0.39 is 54.0 Å². The van der Waals surface area contributed by atoms with Crippen LogP contribution in [-0.4, -0.2) is 56.4 Å². The van der Waals surface area contributed by atoms with Gasteiger partial charge in [0.25, 0.3) is 0 Å². The quantitative estimate of drug-likeness (QED) is 0.156. The second kappa shape index (κ2) is 8.13. The van der Waals surface area contributed by atoms with E-state index in [1.54, 1.807) is 72.8 Å². The molecule has 8 nitrogen and oxygen atoms in total. The molecule has 0 aromatic heterocycles. The summed E-state index contributed by atoms with van der Waals surface area (Å²) in [5, 5.41) is 38.0. The average Bonchev–Trinajstić information content (AvgIpc) is 3.26. The molecule has 0 aliphatic carbocycles. The Morgan fingerprint density at radius 3 is 1.50 bits per heavy atom. The summed E-state index contributed by atoms with van der Waals surface area (Å²) in [6.45, 7) is 0. The van der Waals surface area contributed by atoms with Crippen molar-refractivity contribution < 1.29 is 37.7 Å². The van der Waals surface area contributed by atoms with Gasteiger partial charge in [0.05, 0.1) is 0 Å². The van der Waals surface area contributed by atoms with E-state index in [-0.39, 0.29) is 16.7 Å². The summed E-state index contributed by atoms with van der Waals surface area (Å²) >= 11 is -4.15. The van der Waals surface area contributed by atoms with Crippen LogP contribution in [0.4, 0.5) is 0 Å². The van der Waals surface area contributed by atoms with Gasteiger partial charge in [0.2, 0.25) is 0 Å². The summed E-state index contributed by atoms with van der Waals surface area (Å²) in [6, 6.07) is 30.4. The van der Waals surface area contributed by atoms with Gasteiger partial charge in [-0.2, -0.15) is 0 Å². The van der Waals surface area contributed by atoms with Gasteiger partial charge in [-0.1, -0.05) is 0 Å². The molecule has 0 amide bonds. The molecule has 0 saturated carbocycles. The van der Waals surface area contributed by atoms with Gasteiger partial charge in [-0.05, 0) is 0 Å². The van der Waals surface area contributed by atoms with Crippen LogP contribution in [0.1, 0.15) is 27.1 Å². The van der Waals surface area contributed by atoms with Crippen LogP contribution in [0, 0.1) is 0 Å². The molecule has 1 fully saturated rings. The summed E-state index contributed by atoms with van der Waals surface area (Å²) in [6.07, 6.45) is 0. The second-order valence-corrected chi connectivity index (χ2v) is 17.9. The number of aliphatic hydroxyl groups is 3. The number of hydrogen-bond donors (Lipinski definition) is 8. The summed E-state index contributed by atoms with van der Waals surface area (Å²) < 4.78 is 58.0. The van der Waals surface area contributed by atoms with E-state index in [1.807, 2.05) is 0 Å². The van der Waals surface area contributed by atoms with Crippen molar-refractivity contribution in [1.82, 2.24) is 0 Å². The fourth-order valence-corrected chi connectivity index (χ4v) is 16.9. The van der Waals surface area contributed by atoms with E-state index in [1.165, 1.54) is 48.5 Å². The number of rotatable bonds is 4. The Labute approximate surface area is 234 Å². The molecule has 0 bridgehead atoms. The zero-order chi connectivity index (χ0) is 28.7. The molecule has 210 valence electrons. The molecule has 0 radical (unpaired) electrons. The summed E-state index contributed by atoms with van der Waals surface area (Å²) in [7, 11) is -8.21. The van der Waals surface area contributed by atoms with E-state index in [9.17, 15) is 37.7 Å². The van der Waals surface area contributed by atoms with E-state index in [2.05, 4.69) is 0 Å². The Morgan fingerprint density at radius 2 is 1.00 bits per heavy atom. The molecule has 4 aromatic carbocycles. The van der Waals surface area contributed by atoms with Gasteiger partial charge in [-0.25, -0.2) is 0 Å². The maximum atomic E-state index is 12.8. The van der Waals surface area contributed by atoms with Crippen LogP contribution in [-0.2, 0) is 10.5 Å². The van der Waals surface area contributed by atoms with Crippen molar-refractivity contribution in [2.45, 2.75) is 19.8 Å². The van der Waals surface area contributed by atoms with Gasteiger partial charge in [-0.15, -0.1) is 0 Å². The third-order valence-corrected chi connectivity index (χ3v) is 16.5. The SMILES string of the molecule is O[SeH]1C(c2ccccc2)C(c2ccccc2)=C2C1(O)C(O)(c1ccccc1)C(O)(c1ccccc1)S2(O)(O)(O)O. The van der Waals surface area contributed by atoms with Gasteiger partial charge in [0.15, 0.2) is 0 Å². The zero-order valence-corrected chi connectivity index (χ0v) is 23.8. The van der Waals surface area contributed by atoms with Gasteiger partial charge >= 0.3 is 235 Å². The standard InChI is InChI=1S/C30H30O8SSe/c31-28(23-17-9-3-10-18-23)29(32,24-19-11-4-12-20-24)39(34,35,36,37)27-25(21-13-5-1-6-14-21)26(40(38)30(27,28)33)22-15-7-2-8-16-22/h1-20,26,31-38,40H. The normalized spacial score (nSPS) is 36.1. The number of fused-ring (bicyclic) bond motifs is 1. The molecule has 10 heteroatoms. The molecule has 5 atom stereocenters. The molecule has 2 heterocycles. The van der Waals surface area contributed by atoms with Crippen molar-refractivity contribution in [3.05, 3.63) is 148 Å². The predicted octanol–water partition coefficient (Wildman–Crippen LogP) is 4.24. The maximum absolute atomic E-state index is 12.8. The Kier molecular flexibility index (Phi) is 5.56. The molecule has 40 heavy (non-hydrogen) atoms. The van der Waals surface area contributed by atoms with Crippen LogP contribution >= 0.6 is 9.42 Å². The van der Waals surface area contributed by atoms with Crippen LogP contribution in [0.3, 0.4) is 0 Å². The molecule has 2 aliphatic heterocycles. The second-order valence-electron chi connectivity index (χ2n) is 10.3. The third kappa shape index (κ3) is 3.04. The monoisotopic (exact) mass is 630 g/mol. The molecular formula is C30H30O8SSe. The van der Waals surface area contributed by atoms with Crippen molar-refractivity contribution in [2.75, 3.05) is 0 Å². The Morgan fingerprint density at radius 1 is 0.575 bits per heavy atom. The first-order chi connectivity index (χ1) is 18.7. The molecule has 4 aromatic rings. The third-order valence-electron chi connectivity index (χ3n) is 8.11.